The number of benzene rings is 1. The van der Waals surface area contributed by atoms with E-state index in [1.807, 2.05) is 0 Å². The molecule has 1 unspecified atom stereocenters. The van der Waals surface area contributed by atoms with Crippen molar-refractivity contribution in [2.75, 3.05) is 0 Å². The van der Waals surface area contributed by atoms with Crippen molar-refractivity contribution in [3.05, 3.63) is 34.1 Å². The van der Waals surface area contributed by atoms with Gasteiger partial charge in [-0.1, -0.05) is 15.9 Å². The van der Waals surface area contributed by atoms with Gasteiger partial charge in [-0.05, 0) is 36.6 Å². The Morgan fingerprint density at radius 1 is 1.43 bits per heavy atom. The highest BCUT2D eigenvalue weighted by Gasteiger charge is 2.28. The third-order valence-corrected chi connectivity index (χ3v) is 3.13. The second-order valence-electron chi connectivity index (χ2n) is 3.58. The summed E-state index contributed by atoms with van der Waals surface area (Å²) in [5.74, 6) is -0.317. The van der Waals surface area contributed by atoms with Crippen molar-refractivity contribution in [2.45, 2.75) is 25.2 Å². The van der Waals surface area contributed by atoms with E-state index in [0.29, 0.717) is 12.0 Å². The molecule has 0 amide bonds. The van der Waals surface area contributed by atoms with Crippen LogP contribution in [0.4, 0.5) is 4.39 Å². The van der Waals surface area contributed by atoms with Crippen LogP contribution < -0.4 is 0 Å². The molecule has 1 aromatic rings. The van der Waals surface area contributed by atoms with E-state index < -0.39 is 0 Å². The molecule has 1 aliphatic carbocycles. The fourth-order valence-electron chi connectivity index (χ4n) is 1.93. The van der Waals surface area contributed by atoms with Crippen LogP contribution in [0.1, 0.15) is 30.7 Å². The normalized spacial score (nSPS) is 21.6. The maximum atomic E-state index is 13.4. The predicted molar refractivity (Wildman–Crippen MR) is 55.7 cm³/mol. The number of hydrogen-bond acceptors (Lipinski definition) is 1. The third-order valence-electron chi connectivity index (χ3n) is 2.64. The highest BCUT2D eigenvalue weighted by atomic mass is 79.9. The Morgan fingerprint density at radius 3 is 2.86 bits per heavy atom. The summed E-state index contributed by atoms with van der Waals surface area (Å²) in [6.07, 6.45) is 2.26. The molecule has 0 heterocycles. The van der Waals surface area contributed by atoms with Gasteiger partial charge < -0.3 is 0 Å². The first-order chi connectivity index (χ1) is 6.68. The molecule has 0 spiro atoms. The SMILES string of the molecule is O=C1CCCC1c1cc(Br)ccc1F. The fraction of sp³-hybridized carbons (Fsp3) is 0.364. The van der Waals surface area contributed by atoms with E-state index in [9.17, 15) is 9.18 Å². The Bertz CT molecular complexity index is 376. The number of hydrogen-bond donors (Lipinski definition) is 0. The summed E-state index contributed by atoms with van der Waals surface area (Å²) < 4.78 is 14.2. The van der Waals surface area contributed by atoms with Crippen LogP contribution in [0.5, 0.6) is 0 Å². The molecule has 0 bridgehead atoms. The van der Waals surface area contributed by atoms with Crippen molar-refractivity contribution < 1.29 is 9.18 Å². The smallest absolute Gasteiger partial charge is 0.140 e. The van der Waals surface area contributed by atoms with Crippen LogP contribution in [0.2, 0.25) is 0 Å². The van der Waals surface area contributed by atoms with Gasteiger partial charge in [0, 0.05) is 16.8 Å². The lowest BCUT2D eigenvalue weighted by atomic mass is 9.96. The maximum absolute atomic E-state index is 13.4. The van der Waals surface area contributed by atoms with Crippen molar-refractivity contribution in [2.24, 2.45) is 0 Å². The van der Waals surface area contributed by atoms with Gasteiger partial charge in [0.1, 0.15) is 11.6 Å². The second kappa shape index (κ2) is 3.81. The molecule has 1 saturated carbocycles. The molecule has 2 rings (SSSR count). The maximum Gasteiger partial charge on any atom is 0.140 e. The largest absolute Gasteiger partial charge is 0.299 e. The highest BCUT2D eigenvalue weighted by Crippen LogP contribution is 2.33. The number of halogens is 2. The number of carbonyl (C=O) groups excluding carboxylic acids is 1. The van der Waals surface area contributed by atoms with E-state index in [1.165, 1.54) is 6.07 Å². The molecule has 74 valence electrons. The van der Waals surface area contributed by atoms with Crippen molar-refractivity contribution >= 4 is 21.7 Å². The van der Waals surface area contributed by atoms with E-state index in [1.54, 1.807) is 12.1 Å². The molecule has 1 fully saturated rings. The van der Waals surface area contributed by atoms with Gasteiger partial charge in [0.25, 0.3) is 0 Å². The lowest BCUT2D eigenvalue weighted by molar-refractivity contribution is -0.118. The summed E-state index contributed by atoms with van der Waals surface area (Å²) in [7, 11) is 0. The van der Waals surface area contributed by atoms with Gasteiger partial charge in [0.05, 0.1) is 0 Å². The summed E-state index contributed by atoms with van der Waals surface area (Å²) in [6, 6.07) is 4.77. The average molecular weight is 257 g/mol. The lowest BCUT2D eigenvalue weighted by Gasteiger charge is -2.09. The third kappa shape index (κ3) is 1.73. The Labute approximate surface area is 90.4 Å². The van der Waals surface area contributed by atoms with Crippen LogP contribution in [-0.2, 0) is 4.79 Å². The van der Waals surface area contributed by atoms with E-state index in [0.717, 1.165) is 17.3 Å². The van der Waals surface area contributed by atoms with E-state index in [4.69, 9.17) is 0 Å². The summed E-state index contributed by atoms with van der Waals surface area (Å²) in [5.41, 5.74) is 0.543. The predicted octanol–water partition coefficient (Wildman–Crippen LogP) is 3.42. The first-order valence-electron chi connectivity index (χ1n) is 4.66. The molecule has 0 N–H and O–H groups in total. The van der Waals surface area contributed by atoms with Crippen LogP contribution in [0.3, 0.4) is 0 Å². The van der Waals surface area contributed by atoms with E-state index in [-0.39, 0.29) is 17.5 Å². The number of Topliss-reactive ketones (excluding diaryl/α,β-unsaturated/α-hetero) is 1. The minimum absolute atomic E-state index is 0.169. The summed E-state index contributed by atoms with van der Waals surface area (Å²) in [5, 5.41) is 0. The van der Waals surface area contributed by atoms with Crippen molar-refractivity contribution in [3.8, 4) is 0 Å². The second-order valence-corrected chi connectivity index (χ2v) is 4.49. The van der Waals surface area contributed by atoms with Crippen LogP contribution in [-0.4, -0.2) is 5.78 Å². The number of carbonyl (C=O) groups is 1. The van der Waals surface area contributed by atoms with E-state index >= 15 is 0 Å². The minimum atomic E-state index is -0.270. The van der Waals surface area contributed by atoms with Crippen LogP contribution in [0.15, 0.2) is 22.7 Å². The van der Waals surface area contributed by atoms with Gasteiger partial charge in [0.2, 0.25) is 0 Å². The van der Waals surface area contributed by atoms with Gasteiger partial charge in [-0.25, -0.2) is 4.39 Å². The van der Waals surface area contributed by atoms with Crippen molar-refractivity contribution in [3.63, 3.8) is 0 Å². The van der Waals surface area contributed by atoms with Gasteiger partial charge >= 0.3 is 0 Å². The molecule has 1 aromatic carbocycles. The Kier molecular flexibility index (Phi) is 2.68. The van der Waals surface area contributed by atoms with Crippen LogP contribution in [0, 0.1) is 5.82 Å². The molecule has 3 heteroatoms. The zero-order chi connectivity index (χ0) is 10.1. The van der Waals surface area contributed by atoms with Crippen molar-refractivity contribution in [1.82, 2.24) is 0 Å². The summed E-state index contributed by atoms with van der Waals surface area (Å²) in [4.78, 5) is 11.5. The van der Waals surface area contributed by atoms with Gasteiger partial charge in [-0.3, -0.25) is 4.79 Å². The minimum Gasteiger partial charge on any atom is -0.299 e. The lowest BCUT2D eigenvalue weighted by Crippen LogP contribution is -2.06. The quantitative estimate of drug-likeness (QED) is 0.753. The molecule has 14 heavy (non-hydrogen) atoms. The zero-order valence-corrected chi connectivity index (χ0v) is 9.18. The molecular weight excluding hydrogens is 247 g/mol. The summed E-state index contributed by atoms with van der Waals surface area (Å²) >= 11 is 3.29. The first kappa shape index (κ1) is 9.84. The zero-order valence-electron chi connectivity index (χ0n) is 7.59. The molecule has 1 aliphatic rings. The van der Waals surface area contributed by atoms with Crippen LogP contribution >= 0.6 is 15.9 Å². The molecule has 0 aliphatic heterocycles. The Hall–Kier alpha value is -0.700. The van der Waals surface area contributed by atoms with E-state index in [2.05, 4.69) is 15.9 Å². The van der Waals surface area contributed by atoms with Crippen LogP contribution in [0.25, 0.3) is 0 Å². The highest BCUT2D eigenvalue weighted by molar-refractivity contribution is 9.10. The number of rotatable bonds is 1. The standard InChI is InChI=1S/C11H10BrFO/c12-7-4-5-10(13)9(6-7)8-2-1-3-11(8)14/h4-6,8H,1-3H2. The summed E-state index contributed by atoms with van der Waals surface area (Å²) in [6.45, 7) is 0. The Morgan fingerprint density at radius 2 is 2.21 bits per heavy atom. The van der Waals surface area contributed by atoms with Gasteiger partial charge in [-0.15, -0.1) is 0 Å². The first-order valence-corrected chi connectivity index (χ1v) is 5.45. The molecular formula is C11H10BrFO. The monoisotopic (exact) mass is 256 g/mol. The molecule has 0 radical (unpaired) electrons. The fourth-order valence-corrected chi connectivity index (χ4v) is 2.31. The Balaban J connectivity index is 2.39. The topological polar surface area (TPSA) is 17.1 Å². The van der Waals surface area contributed by atoms with Crippen molar-refractivity contribution in [1.29, 1.82) is 0 Å². The van der Waals surface area contributed by atoms with Gasteiger partial charge in [0.15, 0.2) is 0 Å². The molecule has 1 nitrogen and oxygen atoms in total. The average Bonchev–Trinajstić information content (AvgIpc) is 2.56. The van der Waals surface area contributed by atoms with Gasteiger partial charge in [-0.2, -0.15) is 0 Å². The molecule has 1 atom stereocenters. The molecule has 0 saturated heterocycles. The number of ketones is 1. The molecule has 0 aromatic heterocycles.